The first-order valence-corrected chi connectivity index (χ1v) is 7.70. The van der Waals surface area contributed by atoms with Crippen LogP contribution in [0.3, 0.4) is 0 Å². The molecule has 7 nitrogen and oxygen atoms in total. The molecule has 7 heteroatoms. The van der Waals surface area contributed by atoms with E-state index in [0.29, 0.717) is 24.2 Å². The standard InChI is InChI=1S/C17H22N2O5/c1-17(2,3)24-16(22)18-12-7-5-11(6-8-12)14(20)19-10-9-13(19)15(21)23-4/h5-8,13H,9-10H2,1-4H3,(H,18,22). The minimum Gasteiger partial charge on any atom is -0.467 e. The molecule has 1 fully saturated rings. The summed E-state index contributed by atoms with van der Waals surface area (Å²) < 4.78 is 9.84. The molecule has 130 valence electrons. The Hall–Kier alpha value is -2.57. The highest BCUT2D eigenvalue weighted by Crippen LogP contribution is 2.22. The third kappa shape index (κ3) is 4.24. The fourth-order valence-corrected chi connectivity index (χ4v) is 2.29. The Labute approximate surface area is 140 Å². The van der Waals surface area contributed by atoms with Crippen LogP contribution in [0.15, 0.2) is 24.3 Å². The van der Waals surface area contributed by atoms with Crippen molar-refractivity contribution in [2.45, 2.75) is 38.8 Å². The first-order chi connectivity index (χ1) is 11.2. The van der Waals surface area contributed by atoms with Gasteiger partial charge in [0.25, 0.3) is 5.91 Å². The third-order valence-electron chi connectivity index (χ3n) is 3.53. The predicted molar refractivity (Wildman–Crippen MR) is 87.8 cm³/mol. The summed E-state index contributed by atoms with van der Waals surface area (Å²) in [6.45, 7) is 5.86. The number of benzene rings is 1. The molecule has 1 unspecified atom stereocenters. The van der Waals surface area contributed by atoms with Crippen LogP contribution in [-0.2, 0) is 14.3 Å². The van der Waals surface area contributed by atoms with Gasteiger partial charge in [-0.15, -0.1) is 0 Å². The van der Waals surface area contributed by atoms with Crippen molar-refractivity contribution in [1.29, 1.82) is 0 Å². The van der Waals surface area contributed by atoms with E-state index in [1.807, 2.05) is 0 Å². The molecular formula is C17H22N2O5. The number of amides is 2. The van der Waals surface area contributed by atoms with Gasteiger partial charge < -0.3 is 14.4 Å². The second kappa shape index (κ2) is 6.90. The maximum absolute atomic E-state index is 12.4. The lowest BCUT2D eigenvalue weighted by atomic mass is 10.0. The summed E-state index contributed by atoms with van der Waals surface area (Å²) in [5.74, 6) is -0.640. The fourth-order valence-electron chi connectivity index (χ4n) is 2.29. The van der Waals surface area contributed by atoms with Crippen LogP contribution in [0, 0.1) is 0 Å². The van der Waals surface area contributed by atoms with Crippen LogP contribution >= 0.6 is 0 Å². The first-order valence-electron chi connectivity index (χ1n) is 7.70. The number of ether oxygens (including phenoxy) is 2. The zero-order chi connectivity index (χ0) is 17.9. The number of hydrogen-bond acceptors (Lipinski definition) is 5. The zero-order valence-electron chi connectivity index (χ0n) is 14.3. The number of rotatable bonds is 3. The lowest BCUT2D eigenvalue weighted by Gasteiger charge is -2.38. The zero-order valence-corrected chi connectivity index (χ0v) is 14.3. The van der Waals surface area contributed by atoms with E-state index in [2.05, 4.69) is 10.1 Å². The van der Waals surface area contributed by atoms with Crippen molar-refractivity contribution >= 4 is 23.7 Å². The molecule has 1 N–H and O–H groups in total. The molecule has 0 bridgehead atoms. The monoisotopic (exact) mass is 334 g/mol. The molecule has 0 spiro atoms. The number of methoxy groups -OCH3 is 1. The molecule has 0 saturated carbocycles. The average Bonchev–Trinajstić information content (AvgIpc) is 2.44. The third-order valence-corrected chi connectivity index (χ3v) is 3.53. The number of anilines is 1. The summed E-state index contributed by atoms with van der Waals surface area (Å²) in [6, 6.07) is 5.92. The van der Waals surface area contributed by atoms with Crippen molar-refractivity contribution in [1.82, 2.24) is 4.90 Å². The van der Waals surface area contributed by atoms with Crippen LogP contribution in [0.25, 0.3) is 0 Å². The Morgan fingerprint density at radius 2 is 1.79 bits per heavy atom. The van der Waals surface area contributed by atoms with E-state index in [1.165, 1.54) is 12.0 Å². The number of hydrogen-bond donors (Lipinski definition) is 1. The lowest BCUT2D eigenvalue weighted by Crippen LogP contribution is -2.55. The smallest absolute Gasteiger partial charge is 0.412 e. The molecule has 1 saturated heterocycles. The van der Waals surface area contributed by atoms with Crippen molar-refractivity contribution in [3.63, 3.8) is 0 Å². The van der Waals surface area contributed by atoms with Crippen molar-refractivity contribution < 1.29 is 23.9 Å². The molecule has 1 heterocycles. The minimum absolute atomic E-state index is 0.236. The first kappa shape index (κ1) is 17.8. The Morgan fingerprint density at radius 1 is 1.17 bits per heavy atom. The van der Waals surface area contributed by atoms with Crippen LogP contribution in [0.2, 0.25) is 0 Å². The molecule has 1 aromatic carbocycles. The molecule has 0 aliphatic carbocycles. The van der Waals surface area contributed by atoms with E-state index >= 15 is 0 Å². The van der Waals surface area contributed by atoms with E-state index < -0.39 is 23.7 Å². The van der Waals surface area contributed by atoms with Crippen LogP contribution in [0.5, 0.6) is 0 Å². The Bertz CT molecular complexity index is 633. The average molecular weight is 334 g/mol. The van der Waals surface area contributed by atoms with Gasteiger partial charge >= 0.3 is 12.1 Å². The molecule has 0 aromatic heterocycles. The maximum Gasteiger partial charge on any atom is 0.412 e. The van der Waals surface area contributed by atoms with E-state index in [9.17, 15) is 14.4 Å². The van der Waals surface area contributed by atoms with Crippen LogP contribution in [0.4, 0.5) is 10.5 Å². The Morgan fingerprint density at radius 3 is 2.25 bits per heavy atom. The van der Waals surface area contributed by atoms with Crippen molar-refractivity contribution in [2.75, 3.05) is 19.0 Å². The molecular weight excluding hydrogens is 312 g/mol. The summed E-state index contributed by atoms with van der Waals surface area (Å²) >= 11 is 0. The molecule has 2 rings (SSSR count). The van der Waals surface area contributed by atoms with Gasteiger partial charge in [0.1, 0.15) is 11.6 Å². The van der Waals surface area contributed by atoms with E-state index in [1.54, 1.807) is 45.0 Å². The molecule has 1 aromatic rings. The van der Waals surface area contributed by atoms with Gasteiger partial charge in [-0.3, -0.25) is 10.1 Å². The highest BCUT2D eigenvalue weighted by atomic mass is 16.6. The van der Waals surface area contributed by atoms with Gasteiger partial charge in [0, 0.05) is 17.8 Å². The molecule has 1 atom stereocenters. The summed E-state index contributed by atoms with van der Waals surface area (Å²) in [4.78, 5) is 37.1. The highest BCUT2D eigenvalue weighted by Gasteiger charge is 2.38. The van der Waals surface area contributed by atoms with Gasteiger partial charge in [-0.05, 0) is 51.5 Å². The summed E-state index contributed by atoms with van der Waals surface area (Å²) in [5.41, 5.74) is 0.382. The molecule has 0 radical (unpaired) electrons. The number of nitrogens with zero attached hydrogens (tertiary/aromatic N) is 1. The number of nitrogens with one attached hydrogen (secondary N) is 1. The SMILES string of the molecule is COC(=O)C1CCN1C(=O)c1ccc(NC(=O)OC(C)(C)C)cc1. The minimum atomic E-state index is -0.583. The largest absolute Gasteiger partial charge is 0.467 e. The Kier molecular flexibility index (Phi) is 5.11. The van der Waals surface area contributed by atoms with Crippen molar-refractivity contribution in [3.8, 4) is 0 Å². The number of carbonyl (C=O) groups is 3. The number of likely N-dealkylation sites (tertiary alicyclic amines) is 1. The molecule has 1 aliphatic heterocycles. The summed E-state index contributed by atoms with van der Waals surface area (Å²) in [7, 11) is 1.31. The normalized spacial score (nSPS) is 16.8. The summed E-state index contributed by atoms with van der Waals surface area (Å²) in [5, 5.41) is 2.60. The fraction of sp³-hybridized carbons (Fsp3) is 0.471. The predicted octanol–water partition coefficient (Wildman–Crippen LogP) is 2.42. The molecule has 24 heavy (non-hydrogen) atoms. The number of esters is 1. The molecule has 2 amide bonds. The van der Waals surface area contributed by atoms with Gasteiger partial charge in [0.05, 0.1) is 7.11 Å². The van der Waals surface area contributed by atoms with Crippen LogP contribution in [0.1, 0.15) is 37.6 Å². The Balaban J connectivity index is 1.98. The van der Waals surface area contributed by atoms with Crippen molar-refractivity contribution in [3.05, 3.63) is 29.8 Å². The van der Waals surface area contributed by atoms with Gasteiger partial charge in [-0.1, -0.05) is 0 Å². The van der Waals surface area contributed by atoms with Gasteiger partial charge in [0.2, 0.25) is 0 Å². The summed E-state index contributed by atoms with van der Waals surface area (Å²) in [6.07, 6.45) is 0.0477. The quantitative estimate of drug-likeness (QED) is 0.858. The molecule has 1 aliphatic rings. The van der Waals surface area contributed by atoms with Crippen LogP contribution in [-0.4, -0.2) is 48.2 Å². The number of carbonyl (C=O) groups excluding carboxylic acids is 3. The van der Waals surface area contributed by atoms with Crippen molar-refractivity contribution in [2.24, 2.45) is 0 Å². The lowest BCUT2D eigenvalue weighted by molar-refractivity contribution is -0.149. The second-order valence-corrected chi connectivity index (χ2v) is 6.53. The van der Waals surface area contributed by atoms with Crippen LogP contribution < -0.4 is 5.32 Å². The maximum atomic E-state index is 12.4. The van der Waals surface area contributed by atoms with E-state index in [4.69, 9.17) is 4.74 Å². The van der Waals surface area contributed by atoms with E-state index in [0.717, 1.165) is 0 Å². The topological polar surface area (TPSA) is 84.9 Å². The second-order valence-electron chi connectivity index (χ2n) is 6.53. The van der Waals surface area contributed by atoms with E-state index in [-0.39, 0.29) is 5.91 Å². The van der Waals surface area contributed by atoms with Gasteiger partial charge in [-0.2, -0.15) is 0 Å². The van der Waals surface area contributed by atoms with Gasteiger partial charge in [-0.25, -0.2) is 9.59 Å². The highest BCUT2D eigenvalue weighted by molar-refractivity contribution is 5.98. The van der Waals surface area contributed by atoms with Gasteiger partial charge in [0.15, 0.2) is 0 Å².